The van der Waals surface area contributed by atoms with Gasteiger partial charge in [0, 0.05) is 34.0 Å². The Kier molecular flexibility index (Phi) is 6.24. The first-order chi connectivity index (χ1) is 9.08. The molecule has 1 atom stereocenters. The summed E-state index contributed by atoms with van der Waals surface area (Å²) in [6.07, 6.45) is 2.11. The highest BCUT2D eigenvalue weighted by Gasteiger charge is 2.11. The van der Waals surface area contributed by atoms with Crippen LogP contribution in [0.1, 0.15) is 16.8 Å². The molecule has 1 rings (SSSR count). The number of aliphatic hydroxyl groups is 1. The SMILES string of the molecule is COCC(CCO)Nc1ccc(C(=O)N(C)C)cn1. The molecule has 1 heterocycles. The number of anilines is 1. The zero-order valence-corrected chi connectivity index (χ0v) is 11.6. The van der Waals surface area contributed by atoms with Gasteiger partial charge in [-0.1, -0.05) is 0 Å². The molecule has 1 aromatic heterocycles. The van der Waals surface area contributed by atoms with E-state index in [9.17, 15) is 4.79 Å². The Morgan fingerprint density at radius 3 is 2.74 bits per heavy atom. The van der Waals surface area contributed by atoms with E-state index >= 15 is 0 Å². The number of hydrogen-bond donors (Lipinski definition) is 2. The van der Waals surface area contributed by atoms with Gasteiger partial charge in [0.25, 0.3) is 5.91 Å². The number of rotatable bonds is 7. The van der Waals surface area contributed by atoms with Crippen molar-refractivity contribution < 1.29 is 14.6 Å². The molecule has 0 aliphatic heterocycles. The quantitative estimate of drug-likeness (QED) is 0.756. The molecule has 0 aromatic carbocycles. The van der Waals surface area contributed by atoms with Crippen LogP contribution in [0.5, 0.6) is 0 Å². The summed E-state index contributed by atoms with van der Waals surface area (Å²) < 4.78 is 5.06. The minimum absolute atomic E-state index is 0.00194. The molecule has 6 nitrogen and oxygen atoms in total. The number of methoxy groups -OCH3 is 1. The van der Waals surface area contributed by atoms with E-state index in [0.29, 0.717) is 24.4 Å². The average Bonchev–Trinajstić information content (AvgIpc) is 2.39. The number of nitrogens with one attached hydrogen (secondary N) is 1. The fourth-order valence-corrected chi connectivity index (χ4v) is 1.63. The Bertz CT molecular complexity index is 387. The Labute approximate surface area is 113 Å². The summed E-state index contributed by atoms with van der Waals surface area (Å²) in [7, 11) is 5.01. The second-order valence-electron chi connectivity index (χ2n) is 4.44. The van der Waals surface area contributed by atoms with Crippen molar-refractivity contribution >= 4 is 11.7 Å². The van der Waals surface area contributed by atoms with Crippen molar-refractivity contribution in [2.24, 2.45) is 0 Å². The van der Waals surface area contributed by atoms with Gasteiger partial charge in [-0.2, -0.15) is 0 Å². The number of ether oxygens (including phenoxy) is 1. The van der Waals surface area contributed by atoms with Crippen LogP contribution in [0.4, 0.5) is 5.82 Å². The van der Waals surface area contributed by atoms with Gasteiger partial charge in [0.1, 0.15) is 5.82 Å². The maximum Gasteiger partial charge on any atom is 0.254 e. The van der Waals surface area contributed by atoms with Crippen LogP contribution in [0.3, 0.4) is 0 Å². The van der Waals surface area contributed by atoms with E-state index in [1.54, 1.807) is 33.3 Å². The molecule has 1 unspecified atom stereocenters. The van der Waals surface area contributed by atoms with E-state index in [4.69, 9.17) is 9.84 Å². The lowest BCUT2D eigenvalue weighted by Crippen LogP contribution is -2.27. The third-order valence-electron chi connectivity index (χ3n) is 2.61. The Hall–Kier alpha value is -1.66. The number of nitrogens with zero attached hydrogens (tertiary/aromatic N) is 2. The molecular weight excluding hydrogens is 246 g/mol. The van der Waals surface area contributed by atoms with Crippen LogP contribution >= 0.6 is 0 Å². The van der Waals surface area contributed by atoms with E-state index in [0.717, 1.165) is 0 Å². The molecule has 0 spiro atoms. The highest BCUT2D eigenvalue weighted by Crippen LogP contribution is 2.09. The zero-order chi connectivity index (χ0) is 14.3. The Balaban J connectivity index is 2.67. The molecule has 0 fully saturated rings. The predicted octanol–water partition coefficient (Wildman–Crippen LogP) is 0.593. The standard InChI is InChI=1S/C13H21N3O3/c1-16(2)13(18)10-4-5-12(14-8-10)15-11(6-7-17)9-19-3/h4-5,8,11,17H,6-7,9H2,1-3H3,(H,14,15). The highest BCUT2D eigenvalue weighted by atomic mass is 16.5. The van der Waals surface area contributed by atoms with Gasteiger partial charge in [0.2, 0.25) is 0 Å². The molecule has 106 valence electrons. The molecule has 0 bridgehead atoms. The summed E-state index contributed by atoms with van der Waals surface area (Å²) in [4.78, 5) is 17.4. The summed E-state index contributed by atoms with van der Waals surface area (Å²) in [6, 6.07) is 3.47. The highest BCUT2D eigenvalue weighted by molar-refractivity contribution is 5.93. The minimum Gasteiger partial charge on any atom is -0.396 e. The molecular formula is C13H21N3O3. The van der Waals surface area contributed by atoms with Crippen LogP contribution in [0.25, 0.3) is 0 Å². The molecule has 1 aromatic rings. The lowest BCUT2D eigenvalue weighted by atomic mass is 10.2. The third-order valence-corrected chi connectivity index (χ3v) is 2.61. The number of aromatic nitrogens is 1. The Morgan fingerprint density at radius 1 is 1.53 bits per heavy atom. The van der Waals surface area contributed by atoms with Gasteiger partial charge in [-0.3, -0.25) is 4.79 Å². The van der Waals surface area contributed by atoms with Crippen molar-refractivity contribution in [3.8, 4) is 0 Å². The summed E-state index contributed by atoms with van der Waals surface area (Å²) in [5, 5.41) is 12.1. The maximum atomic E-state index is 11.7. The summed E-state index contributed by atoms with van der Waals surface area (Å²) >= 11 is 0. The van der Waals surface area contributed by atoms with Crippen LogP contribution < -0.4 is 5.32 Å². The van der Waals surface area contributed by atoms with E-state index in [2.05, 4.69) is 10.3 Å². The maximum absolute atomic E-state index is 11.7. The number of carbonyl (C=O) groups is 1. The number of aliphatic hydroxyl groups excluding tert-OH is 1. The van der Waals surface area contributed by atoms with Gasteiger partial charge >= 0.3 is 0 Å². The topological polar surface area (TPSA) is 74.7 Å². The smallest absolute Gasteiger partial charge is 0.254 e. The molecule has 0 radical (unpaired) electrons. The summed E-state index contributed by atoms with van der Waals surface area (Å²) in [5.74, 6) is 0.577. The lowest BCUT2D eigenvalue weighted by Gasteiger charge is -2.17. The second kappa shape index (κ2) is 7.70. The fourth-order valence-electron chi connectivity index (χ4n) is 1.63. The fraction of sp³-hybridized carbons (Fsp3) is 0.538. The summed E-state index contributed by atoms with van der Waals surface area (Å²) in [6.45, 7) is 0.568. The first-order valence-corrected chi connectivity index (χ1v) is 6.12. The van der Waals surface area contributed by atoms with Crippen LogP contribution in [-0.4, -0.2) is 61.4 Å². The van der Waals surface area contributed by atoms with Crippen molar-refractivity contribution in [1.82, 2.24) is 9.88 Å². The molecule has 0 saturated heterocycles. The molecule has 19 heavy (non-hydrogen) atoms. The van der Waals surface area contributed by atoms with Crippen LogP contribution in [0.2, 0.25) is 0 Å². The van der Waals surface area contributed by atoms with Crippen molar-refractivity contribution in [2.75, 3.05) is 39.7 Å². The number of carbonyl (C=O) groups excluding carboxylic acids is 1. The first-order valence-electron chi connectivity index (χ1n) is 6.12. The third kappa shape index (κ3) is 4.84. The predicted molar refractivity (Wildman–Crippen MR) is 73.2 cm³/mol. The molecule has 0 aliphatic rings. The van der Waals surface area contributed by atoms with Gasteiger partial charge in [0.05, 0.1) is 18.2 Å². The molecule has 6 heteroatoms. The molecule has 2 N–H and O–H groups in total. The number of amides is 1. The zero-order valence-electron chi connectivity index (χ0n) is 11.6. The summed E-state index contributed by atoms with van der Waals surface area (Å²) in [5.41, 5.74) is 0.543. The van der Waals surface area contributed by atoms with Gasteiger partial charge in [-0.05, 0) is 18.6 Å². The molecule has 1 amide bonds. The van der Waals surface area contributed by atoms with Crippen LogP contribution in [-0.2, 0) is 4.74 Å². The molecule has 0 saturated carbocycles. The van der Waals surface area contributed by atoms with Crippen LogP contribution in [0, 0.1) is 0 Å². The van der Waals surface area contributed by atoms with E-state index < -0.39 is 0 Å². The van der Waals surface area contributed by atoms with Gasteiger partial charge in [-0.15, -0.1) is 0 Å². The number of hydrogen-bond acceptors (Lipinski definition) is 5. The normalized spacial score (nSPS) is 12.0. The van der Waals surface area contributed by atoms with E-state index in [-0.39, 0.29) is 18.6 Å². The first kappa shape index (κ1) is 15.4. The van der Waals surface area contributed by atoms with E-state index in [1.807, 2.05) is 0 Å². The van der Waals surface area contributed by atoms with Crippen LogP contribution in [0.15, 0.2) is 18.3 Å². The largest absolute Gasteiger partial charge is 0.396 e. The monoisotopic (exact) mass is 267 g/mol. The van der Waals surface area contributed by atoms with Gasteiger partial charge in [0.15, 0.2) is 0 Å². The van der Waals surface area contributed by atoms with Crippen molar-refractivity contribution in [3.63, 3.8) is 0 Å². The van der Waals surface area contributed by atoms with Gasteiger partial charge < -0.3 is 20.1 Å². The molecule has 0 aliphatic carbocycles. The van der Waals surface area contributed by atoms with Crippen molar-refractivity contribution in [1.29, 1.82) is 0 Å². The van der Waals surface area contributed by atoms with Crippen molar-refractivity contribution in [2.45, 2.75) is 12.5 Å². The second-order valence-corrected chi connectivity index (χ2v) is 4.44. The number of pyridine rings is 1. The minimum atomic E-state index is -0.0807. The lowest BCUT2D eigenvalue weighted by molar-refractivity contribution is 0.0827. The van der Waals surface area contributed by atoms with E-state index in [1.165, 1.54) is 11.1 Å². The average molecular weight is 267 g/mol. The Morgan fingerprint density at radius 2 is 2.26 bits per heavy atom. The van der Waals surface area contributed by atoms with Gasteiger partial charge in [-0.25, -0.2) is 4.98 Å². The van der Waals surface area contributed by atoms with Crippen molar-refractivity contribution in [3.05, 3.63) is 23.9 Å².